The highest BCUT2D eigenvalue weighted by Crippen LogP contribution is 2.42. The first kappa shape index (κ1) is 43.6. The highest BCUT2D eigenvalue weighted by Gasteiger charge is 2.36. The standard InChI is InChI=1S/C44H58N8O6S/c1-9-29(24-50(28(4)53)20-18-45-7)41(54)48-35-22-38-47-36(25-59-38)30-15-16-37-32(21-30)33(40(51(37)10-2)31-13-11-17-46-39(31)27(3)57-8)23-44(5,6)26-58-43(56)34-14-12-19-52(49-34)42(35)55/h9,11,13,15-17,21,25,27,34-35,45,49H,10,12,14,18-20,22-24,26H2,1-8H3,(H,48,54)/b29-9+/t27-,34-,35-/m0/s1. The van der Waals surface area contributed by atoms with Crippen LogP contribution in [0, 0.1) is 5.41 Å². The molecule has 1 aromatic carbocycles. The Labute approximate surface area is 350 Å². The van der Waals surface area contributed by atoms with Gasteiger partial charge in [-0.2, -0.15) is 0 Å². The molecule has 0 radical (unpaired) electrons. The summed E-state index contributed by atoms with van der Waals surface area (Å²) in [5, 5.41) is 11.2. The molecule has 3 aromatic heterocycles. The van der Waals surface area contributed by atoms with Crippen LogP contribution in [0.2, 0.25) is 0 Å². The van der Waals surface area contributed by atoms with E-state index in [1.54, 1.807) is 38.3 Å². The number of hydrogen-bond donors (Lipinski definition) is 3. The van der Waals surface area contributed by atoms with Crippen molar-refractivity contribution in [3.63, 3.8) is 0 Å². The molecule has 5 heterocycles. The number of cyclic esters (lactones) is 1. The number of amides is 3. The lowest BCUT2D eigenvalue weighted by Crippen LogP contribution is -2.60. The minimum absolute atomic E-state index is 0.0906. The Morgan fingerprint density at radius 1 is 1.24 bits per heavy atom. The van der Waals surface area contributed by atoms with Gasteiger partial charge in [-0.25, -0.2) is 10.4 Å². The third kappa shape index (κ3) is 9.75. The van der Waals surface area contributed by atoms with Gasteiger partial charge in [0.2, 0.25) is 11.8 Å². The van der Waals surface area contributed by atoms with Gasteiger partial charge < -0.3 is 29.6 Å². The molecule has 3 atom stereocenters. The Balaban J connectivity index is 1.44. The second-order valence-corrected chi connectivity index (χ2v) is 17.0. The molecule has 3 amide bonds. The molecular weight excluding hydrogens is 769 g/mol. The van der Waals surface area contributed by atoms with Crippen molar-refractivity contribution in [2.24, 2.45) is 5.41 Å². The first-order chi connectivity index (χ1) is 28.3. The van der Waals surface area contributed by atoms with Crippen LogP contribution >= 0.6 is 11.3 Å². The van der Waals surface area contributed by atoms with E-state index < -0.39 is 29.4 Å². The number of carbonyl (C=O) groups is 4. The average Bonchev–Trinajstić information content (AvgIpc) is 3.83. The lowest BCUT2D eigenvalue weighted by Gasteiger charge is -2.35. The Morgan fingerprint density at radius 3 is 2.75 bits per heavy atom. The van der Waals surface area contributed by atoms with E-state index in [-0.39, 0.29) is 37.5 Å². The number of methoxy groups -OCH3 is 1. The summed E-state index contributed by atoms with van der Waals surface area (Å²) < 4.78 is 14.2. The smallest absolute Gasteiger partial charge is 0.324 e. The van der Waals surface area contributed by atoms with Crippen LogP contribution in [0.1, 0.15) is 76.8 Å². The number of aryl methyl sites for hydroxylation is 1. The normalized spacial score (nSPS) is 19.3. The SMILES string of the molecule is C/C=C(\CN(CCNC)C(C)=O)C(=O)N[C@H]1Cc2nc(cs2)-c2ccc3c(c2)c(c(-c2cccnc2[C@H](C)OC)n3CC)CC(C)(C)COC(=O)[C@@H]2CCCN(N2)C1=O. The molecule has 0 unspecified atom stereocenters. The monoisotopic (exact) mass is 826 g/mol. The third-order valence-electron chi connectivity index (χ3n) is 11.2. The third-order valence-corrected chi connectivity index (χ3v) is 12.1. The second kappa shape index (κ2) is 19.0. The molecule has 0 saturated carbocycles. The minimum atomic E-state index is -1.02. The van der Waals surface area contributed by atoms with E-state index in [9.17, 15) is 19.2 Å². The fourth-order valence-corrected chi connectivity index (χ4v) is 8.76. The lowest BCUT2D eigenvalue weighted by molar-refractivity contribution is -0.155. The number of nitrogens with one attached hydrogen (secondary N) is 3. The number of benzene rings is 1. The summed E-state index contributed by atoms with van der Waals surface area (Å²) in [5.74, 6) is -1.45. The molecule has 4 aromatic rings. The first-order valence-electron chi connectivity index (χ1n) is 20.5. The van der Waals surface area contributed by atoms with Gasteiger partial charge in [0.1, 0.15) is 12.1 Å². The van der Waals surface area contributed by atoms with Gasteiger partial charge in [-0.05, 0) is 76.9 Å². The van der Waals surface area contributed by atoms with Gasteiger partial charge in [-0.3, -0.25) is 29.2 Å². The number of fused-ring (bicyclic) bond motifs is 6. The maximum atomic E-state index is 14.4. The zero-order valence-electron chi connectivity index (χ0n) is 35.5. The fourth-order valence-electron chi connectivity index (χ4n) is 7.91. The molecule has 1 saturated heterocycles. The number of hydrogen-bond acceptors (Lipinski definition) is 11. The van der Waals surface area contributed by atoms with Crippen molar-refractivity contribution in [1.29, 1.82) is 0 Å². The number of ether oxygens (including phenoxy) is 2. The van der Waals surface area contributed by atoms with E-state index in [2.05, 4.69) is 65.7 Å². The van der Waals surface area contributed by atoms with Gasteiger partial charge in [0.25, 0.3) is 5.91 Å². The quantitative estimate of drug-likeness (QED) is 0.135. The molecule has 316 valence electrons. The number of nitrogens with zero attached hydrogens (tertiary/aromatic N) is 5. The number of esters is 1. The lowest BCUT2D eigenvalue weighted by atomic mass is 9.84. The van der Waals surface area contributed by atoms with Crippen LogP contribution < -0.4 is 16.1 Å². The molecule has 14 nitrogen and oxygen atoms in total. The van der Waals surface area contributed by atoms with Crippen LogP contribution in [-0.4, -0.2) is 107 Å². The first-order valence-corrected chi connectivity index (χ1v) is 21.3. The van der Waals surface area contributed by atoms with E-state index in [1.165, 1.54) is 23.3 Å². The maximum Gasteiger partial charge on any atom is 0.324 e. The molecule has 59 heavy (non-hydrogen) atoms. The van der Waals surface area contributed by atoms with Crippen molar-refractivity contribution in [2.45, 2.75) is 92.0 Å². The van der Waals surface area contributed by atoms with Gasteiger partial charge in [-0.15, -0.1) is 11.3 Å². The molecule has 0 aliphatic carbocycles. The average molecular weight is 827 g/mol. The topological polar surface area (TPSA) is 160 Å². The Morgan fingerprint density at radius 2 is 2.03 bits per heavy atom. The summed E-state index contributed by atoms with van der Waals surface area (Å²) in [6.45, 7) is 13.8. The van der Waals surface area contributed by atoms with Gasteiger partial charge in [-0.1, -0.05) is 26.0 Å². The molecule has 6 bridgehead atoms. The van der Waals surface area contributed by atoms with E-state index >= 15 is 0 Å². The van der Waals surface area contributed by atoms with Crippen molar-refractivity contribution >= 4 is 45.9 Å². The van der Waals surface area contributed by atoms with Gasteiger partial charge in [0.05, 0.1) is 41.3 Å². The largest absolute Gasteiger partial charge is 0.464 e. The predicted molar refractivity (Wildman–Crippen MR) is 229 cm³/mol. The van der Waals surface area contributed by atoms with E-state index in [1.807, 2.05) is 18.4 Å². The molecule has 1 fully saturated rings. The molecule has 2 aliphatic rings. The fraction of sp³-hybridized carbons (Fsp3) is 0.500. The van der Waals surface area contributed by atoms with Crippen LogP contribution in [0.3, 0.4) is 0 Å². The van der Waals surface area contributed by atoms with Crippen molar-refractivity contribution in [2.75, 3.05) is 46.9 Å². The Kier molecular flexibility index (Phi) is 14.0. The summed E-state index contributed by atoms with van der Waals surface area (Å²) in [7, 11) is 3.49. The van der Waals surface area contributed by atoms with Crippen molar-refractivity contribution in [3.8, 4) is 22.5 Å². The van der Waals surface area contributed by atoms with E-state index in [0.717, 1.165) is 44.7 Å². The number of rotatable bonds is 11. The van der Waals surface area contributed by atoms with E-state index in [0.29, 0.717) is 56.0 Å². The predicted octanol–water partition coefficient (Wildman–Crippen LogP) is 5.22. The van der Waals surface area contributed by atoms with Crippen LogP contribution in [0.25, 0.3) is 33.4 Å². The van der Waals surface area contributed by atoms with Crippen LogP contribution in [0.15, 0.2) is 53.6 Å². The zero-order valence-corrected chi connectivity index (χ0v) is 36.3. The minimum Gasteiger partial charge on any atom is -0.464 e. The van der Waals surface area contributed by atoms with Gasteiger partial charge in [0, 0.05) is 91.2 Å². The number of pyridine rings is 1. The number of aromatic nitrogens is 3. The van der Waals surface area contributed by atoms with Gasteiger partial charge >= 0.3 is 5.97 Å². The summed E-state index contributed by atoms with van der Waals surface area (Å²) in [6, 6.07) is 8.67. The Hall–Kier alpha value is -4.96. The van der Waals surface area contributed by atoms with Crippen LogP contribution in [-0.2, 0) is 48.0 Å². The molecular formula is C44H58N8O6S. The summed E-state index contributed by atoms with van der Waals surface area (Å²) in [4.78, 5) is 65.9. The number of thiazole rings is 1. The summed E-state index contributed by atoms with van der Waals surface area (Å²) in [5.41, 5.74) is 9.73. The number of likely N-dealkylation sites (N-methyl/N-ethyl adjacent to an activating group) is 1. The molecule has 2 aliphatic heterocycles. The maximum absolute atomic E-state index is 14.4. The highest BCUT2D eigenvalue weighted by molar-refractivity contribution is 7.10. The van der Waals surface area contributed by atoms with Crippen molar-refractivity contribution < 1.29 is 28.7 Å². The molecule has 15 heteroatoms. The molecule has 3 N–H and O–H groups in total. The van der Waals surface area contributed by atoms with E-state index in [4.69, 9.17) is 19.4 Å². The zero-order chi connectivity index (χ0) is 42.4. The second-order valence-electron chi connectivity index (χ2n) is 16.1. The number of carbonyl (C=O) groups excluding carboxylic acids is 4. The number of allylic oxidation sites excluding steroid dienone is 1. The van der Waals surface area contributed by atoms with Crippen LogP contribution in [0.5, 0.6) is 0 Å². The molecule has 6 rings (SSSR count). The Bertz CT molecular complexity index is 2210. The van der Waals surface area contributed by atoms with Crippen molar-refractivity contribution in [1.82, 2.24) is 40.5 Å². The molecule has 0 spiro atoms. The van der Waals surface area contributed by atoms with Crippen molar-refractivity contribution in [3.05, 3.63) is 69.8 Å². The summed E-state index contributed by atoms with van der Waals surface area (Å²) in [6.07, 6.45) is 4.99. The summed E-state index contributed by atoms with van der Waals surface area (Å²) >= 11 is 1.42. The van der Waals surface area contributed by atoms with Crippen LogP contribution in [0.4, 0.5) is 0 Å². The van der Waals surface area contributed by atoms with Gasteiger partial charge in [0.15, 0.2) is 0 Å². The number of hydrazine groups is 1. The highest BCUT2D eigenvalue weighted by atomic mass is 32.1.